The predicted molar refractivity (Wildman–Crippen MR) is 43.5 cm³/mol. The highest BCUT2D eigenvalue weighted by Crippen LogP contribution is 2.15. The highest BCUT2D eigenvalue weighted by atomic mass is 19.1. The van der Waals surface area contributed by atoms with Gasteiger partial charge in [0.25, 0.3) is 0 Å². The average molecular weight is 182 g/mol. The lowest BCUT2D eigenvalue weighted by atomic mass is 10.1. The summed E-state index contributed by atoms with van der Waals surface area (Å²) < 4.78 is 13.2. The second-order valence-electron chi connectivity index (χ2n) is 2.58. The van der Waals surface area contributed by atoms with Crippen LogP contribution in [-0.2, 0) is 0 Å². The van der Waals surface area contributed by atoms with Gasteiger partial charge >= 0.3 is 5.97 Å². The summed E-state index contributed by atoms with van der Waals surface area (Å²) in [6.45, 7) is 1.54. The molecule has 1 aromatic carbocycles. The van der Waals surface area contributed by atoms with Crippen LogP contribution in [0.2, 0.25) is 0 Å². The Hall–Kier alpha value is -1.71. The summed E-state index contributed by atoms with van der Waals surface area (Å²) in [5.74, 6) is -2.34. The van der Waals surface area contributed by atoms with Gasteiger partial charge in [0.1, 0.15) is 5.82 Å². The zero-order valence-corrected chi connectivity index (χ0v) is 6.87. The summed E-state index contributed by atoms with van der Waals surface area (Å²) in [7, 11) is 0. The lowest BCUT2D eigenvalue weighted by Gasteiger charge is -2.02. The minimum absolute atomic E-state index is 0.195. The van der Waals surface area contributed by atoms with Crippen LogP contribution in [0.15, 0.2) is 12.1 Å². The molecule has 0 aromatic heterocycles. The topological polar surface area (TPSA) is 54.4 Å². The van der Waals surface area contributed by atoms with Crippen molar-refractivity contribution >= 4 is 12.3 Å². The summed E-state index contributed by atoms with van der Waals surface area (Å²) in [4.78, 5) is 20.8. The van der Waals surface area contributed by atoms with Gasteiger partial charge in [-0.1, -0.05) is 6.07 Å². The van der Waals surface area contributed by atoms with E-state index in [1.54, 1.807) is 6.92 Å². The minimum atomic E-state index is -1.37. The molecule has 0 spiro atoms. The van der Waals surface area contributed by atoms with Crippen molar-refractivity contribution in [2.45, 2.75) is 6.92 Å². The van der Waals surface area contributed by atoms with Crippen LogP contribution in [0.25, 0.3) is 0 Å². The van der Waals surface area contributed by atoms with E-state index >= 15 is 0 Å². The van der Waals surface area contributed by atoms with Crippen LogP contribution in [0.1, 0.15) is 26.3 Å². The van der Waals surface area contributed by atoms with Crippen molar-refractivity contribution in [2.75, 3.05) is 0 Å². The van der Waals surface area contributed by atoms with Gasteiger partial charge in [-0.2, -0.15) is 0 Å². The number of hydrogen-bond acceptors (Lipinski definition) is 2. The molecule has 4 heteroatoms. The third-order valence-corrected chi connectivity index (χ3v) is 1.75. The summed E-state index contributed by atoms with van der Waals surface area (Å²) in [5, 5.41) is 8.52. The van der Waals surface area contributed by atoms with E-state index < -0.39 is 17.3 Å². The first-order valence-electron chi connectivity index (χ1n) is 3.55. The standard InChI is InChI=1S/C9H7FO3/c1-5-2-3-6(9(12)13)8(10)7(5)4-11/h2-4H,1H3,(H,12,13). The molecule has 0 aliphatic carbocycles. The van der Waals surface area contributed by atoms with Crippen molar-refractivity contribution in [1.29, 1.82) is 0 Å². The van der Waals surface area contributed by atoms with Crippen LogP contribution < -0.4 is 0 Å². The maximum atomic E-state index is 13.2. The number of carboxylic acid groups (broad SMARTS) is 1. The fourth-order valence-electron chi connectivity index (χ4n) is 0.999. The number of carbonyl (C=O) groups excluding carboxylic acids is 1. The van der Waals surface area contributed by atoms with Gasteiger partial charge in [-0.05, 0) is 18.6 Å². The maximum absolute atomic E-state index is 13.2. The molecule has 0 aliphatic heterocycles. The number of benzene rings is 1. The molecule has 68 valence electrons. The zero-order chi connectivity index (χ0) is 10.0. The third-order valence-electron chi connectivity index (χ3n) is 1.75. The molecule has 0 saturated carbocycles. The Bertz CT molecular complexity index is 371. The number of aldehydes is 1. The van der Waals surface area contributed by atoms with Crippen molar-refractivity contribution in [3.8, 4) is 0 Å². The van der Waals surface area contributed by atoms with Gasteiger partial charge in [0.05, 0.1) is 11.1 Å². The molecule has 3 nitrogen and oxygen atoms in total. The first-order valence-corrected chi connectivity index (χ1v) is 3.55. The smallest absolute Gasteiger partial charge is 0.338 e. The summed E-state index contributed by atoms with van der Waals surface area (Å²) in [6.07, 6.45) is 0.317. The molecule has 0 atom stereocenters. The maximum Gasteiger partial charge on any atom is 0.338 e. The highest BCUT2D eigenvalue weighted by Gasteiger charge is 2.15. The molecule has 0 radical (unpaired) electrons. The third kappa shape index (κ3) is 1.56. The fraction of sp³-hybridized carbons (Fsp3) is 0.111. The highest BCUT2D eigenvalue weighted by molar-refractivity contribution is 5.91. The molecular weight excluding hydrogens is 175 g/mol. The predicted octanol–water partition coefficient (Wildman–Crippen LogP) is 1.64. The Labute approximate surface area is 73.8 Å². The lowest BCUT2D eigenvalue weighted by molar-refractivity contribution is 0.0692. The molecule has 0 amide bonds. The van der Waals surface area contributed by atoms with Gasteiger partial charge in [0.2, 0.25) is 0 Å². The van der Waals surface area contributed by atoms with E-state index in [-0.39, 0.29) is 5.56 Å². The fourth-order valence-corrected chi connectivity index (χ4v) is 0.999. The number of halogens is 1. The lowest BCUT2D eigenvalue weighted by Crippen LogP contribution is -2.04. The molecule has 1 rings (SSSR count). The van der Waals surface area contributed by atoms with Crippen molar-refractivity contribution in [3.05, 3.63) is 34.6 Å². The zero-order valence-electron chi connectivity index (χ0n) is 6.87. The Kier molecular flexibility index (Phi) is 2.41. The average Bonchev–Trinajstić information content (AvgIpc) is 2.04. The number of carboxylic acids is 1. The summed E-state index contributed by atoms with van der Waals surface area (Å²) in [5.41, 5.74) is -0.245. The first kappa shape index (κ1) is 9.38. The Morgan fingerprint density at radius 3 is 2.62 bits per heavy atom. The van der Waals surface area contributed by atoms with Crippen LogP contribution in [0.5, 0.6) is 0 Å². The molecule has 0 saturated heterocycles. The number of hydrogen-bond donors (Lipinski definition) is 1. The normalized spacial score (nSPS) is 9.69. The SMILES string of the molecule is Cc1ccc(C(=O)O)c(F)c1C=O. The van der Waals surface area contributed by atoms with E-state index in [4.69, 9.17) is 5.11 Å². The van der Waals surface area contributed by atoms with E-state index in [1.165, 1.54) is 6.07 Å². The molecule has 1 aromatic rings. The van der Waals surface area contributed by atoms with Crippen LogP contribution in [0.3, 0.4) is 0 Å². The number of aromatic carboxylic acids is 1. The molecule has 1 N–H and O–H groups in total. The minimum Gasteiger partial charge on any atom is -0.478 e. The van der Waals surface area contributed by atoms with Crippen LogP contribution in [0, 0.1) is 12.7 Å². The number of aryl methyl sites for hydroxylation is 1. The first-order chi connectivity index (χ1) is 6.07. The van der Waals surface area contributed by atoms with Crippen molar-refractivity contribution < 1.29 is 19.1 Å². The van der Waals surface area contributed by atoms with E-state index in [0.717, 1.165) is 6.07 Å². The quantitative estimate of drug-likeness (QED) is 0.707. The molecule has 0 bridgehead atoms. The molecule has 13 heavy (non-hydrogen) atoms. The van der Waals surface area contributed by atoms with Gasteiger partial charge < -0.3 is 5.11 Å². The molecule has 0 fully saturated rings. The van der Waals surface area contributed by atoms with Crippen molar-refractivity contribution in [3.63, 3.8) is 0 Å². The molecule has 0 heterocycles. The van der Waals surface area contributed by atoms with Gasteiger partial charge in [0.15, 0.2) is 6.29 Å². The van der Waals surface area contributed by atoms with E-state index in [9.17, 15) is 14.0 Å². The van der Waals surface area contributed by atoms with Gasteiger partial charge in [-0.15, -0.1) is 0 Å². The Morgan fingerprint density at radius 1 is 1.54 bits per heavy atom. The number of rotatable bonds is 2. The second kappa shape index (κ2) is 3.35. The van der Waals surface area contributed by atoms with Gasteiger partial charge in [-0.3, -0.25) is 4.79 Å². The largest absolute Gasteiger partial charge is 0.478 e. The summed E-state index contributed by atoms with van der Waals surface area (Å²) in [6, 6.07) is 2.54. The monoisotopic (exact) mass is 182 g/mol. The van der Waals surface area contributed by atoms with E-state index in [2.05, 4.69) is 0 Å². The van der Waals surface area contributed by atoms with Gasteiger partial charge in [0, 0.05) is 0 Å². The molecule has 0 unspecified atom stereocenters. The molecule has 0 aliphatic rings. The van der Waals surface area contributed by atoms with Gasteiger partial charge in [-0.25, -0.2) is 9.18 Å². The van der Waals surface area contributed by atoms with Crippen LogP contribution in [0.4, 0.5) is 4.39 Å². The second-order valence-corrected chi connectivity index (χ2v) is 2.58. The Morgan fingerprint density at radius 2 is 2.15 bits per heavy atom. The summed E-state index contributed by atoms with van der Waals surface area (Å²) >= 11 is 0. The number of carbonyl (C=O) groups is 2. The van der Waals surface area contributed by atoms with Crippen LogP contribution in [-0.4, -0.2) is 17.4 Å². The van der Waals surface area contributed by atoms with Crippen LogP contribution >= 0.6 is 0 Å². The molecular formula is C9H7FO3. The Balaban J connectivity index is 3.44. The van der Waals surface area contributed by atoms with Crippen molar-refractivity contribution in [2.24, 2.45) is 0 Å². The van der Waals surface area contributed by atoms with E-state index in [1.807, 2.05) is 0 Å². The van der Waals surface area contributed by atoms with Crippen molar-refractivity contribution in [1.82, 2.24) is 0 Å². The van der Waals surface area contributed by atoms with E-state index in [0.29, 0.717) is 11.8 Å².